The topological polar surface area (TPSA) is 30.7 Å². The van der Waals surface area contributed by atoms with Gasteiger partial charge in [0.25, 0.3) is 0 Å². The lowest BCUT2D eigenvalue weighted by Gasteiger charge is -2.21. The van der Waals surface area contributed by atoms with Crippen molar-refractivity contribution in [2.24, 2.45) is 0 Å². The normalized spacial score (nSPS) is 13.7. The summed E-state index contributed by atoms with van der Waals surface area (Å²) in [6, 6.07) is 45.7. The van der Waals surface area contributed by atoms with Gasteiger partial charge in [0.2, 0.25) is 5.95 Å². The van der Waals surface area contributed by atoms with Gasteiger partial charge in [-0.15, -0.1) is 0 Å². The maximum Gasteiger partial charge on any atom is 0.235 e. The summed E-state index contributed by atoms with van der Waals surface area (Å²) in [5.74, 6) is 0.687. The zero-order chi connectivity index (χ0) is 28.0. The number of hydrogen-bond donors (Lipinski definition) is 0. The van der Waals surface area contributed by atoms with E-state index in [9.17, 15) is 0 Å². The van der Waals surface area contributed by atoms with Gasteiger partial charge in [-0.25, -0.2) is 9.97 Å². The molecule has 0 aliphatic heterocycles. The van der Waals surface area contributed by atoms with Crippen LogP contribution in [0.5, 0.6) is 0 Å². The predicted octanol–water partition coefficient (Wildman–Crippen LogP) is 9.85. The second-order valence-corrected chi connectivity index (χ2v) is 11.9. The van der Waals surface area contributed by atoms with Gasteiger partial charge in [-0.05, 0) is 69.4 Å². The van der Waals surface area contributed by atoms with Crippen molar-refractivity contribution in [2.75, 3.05) is 0 Å². The first-order valence-electron chi connectivity index (χ1n) is 14.5. The zero-order valence-corrected chi connectivity index (χ0v) is 23.5. The van der Waals surface area contributed by atoms with Crippen molar-refractivity contribution < 1.29 is 0 Å². The highest BCUT2D eigenvalue weighted by atomic mass is 15.2. The van der Waals surface area contributed by atoms with Gasteiger partial charge in [-0.2, -0.15) is 0 Å². The van der Waals surface area contributed by atoms with Crippen LogP contribution in [0.1, 0.15) is 25.0 Å². The molecule has 0 saturated heterocycles. The zero-order valence-electron chi connectivity index (χ0n) is 23.5. The van der Waals surface area contributed by atoms with Crippen LogP contribution in [0.3, 0.4) is 0 Å². The summed E-state index contributed by atoms with van der Waals surface area (Å²) in [6.07, 6.45) is 0. The number of hydrogen-bond acceptors (Lipinski definition) is 2. The number of aromatic nitrogens is 3. The van der Waals surface area contributed by atoms with Crippen molar-refractivity contribution in [3.63, 3.8) is 0 Å². The van der Waals surface area contributed by atoms with Crippen molar-refractivity contribution in [3.8, 4) is 28.3 Å². The van der Waals surface area contributed by atoms with Crippen molar-refractivity contribution in [1.82, 2.24) is 14.5 Å². The molecule has 9 rings (SSSR count). The number of para-hydroxylation sites is 2. The molecular formula is C39H27N3. The van der Waals surface area contributed by atoms with E-state index in [2.05, 4.69) is 134 Å². The predicted molar refractivity (Wildman–Crippen MR) is 174 cm³/mol. The SMILES string of the molecule is CC1(C)c2ccccc2-c2cc3cc4c5ccccc5n(-c5nc(-c6ccccc6)c6ccccc6n5)c4cc3cc21. The molecule has 1 aliphatic rings. The molecule has 0 fully saturated rings. The minimum absolute atomic E-state index is 0.0478. The maximum absolute atomic E-state index is 5.25. The third-order valence-electron chi connectivity index (χ3n) is 9.17. The molecule has 3 nitrogen and oxygen atoms in total. The summed E-state index contributed by atoms with van der Waals surface area (Å²) >= 11 is 0. The van der Waals surface area contributed by atoms with Gasteiger partial charge in [-0.1, -0.05) is 105 Å². The first kappa shape index (κ1) is 23.4. The van der Waals surface area contributed by atoms with Gasteiger partial charge in [0.1, 0.15) is 0 Å². The molecule has 198 valence electrons. The molecule has 2 heterocycles. The highest BCUT2D eigenvalue weighted by Crippen LogP contribution is 2.50. The molecule has 0 radical (unpaired) electrons. The first-order chi connectivity index (χ1) is 20.6. The molecule has 0 spiro atoms. The van der Waals surface area contributed by atoms with Gasteiger partial charge < -0.3 is 0 Å². The third kappa shape index (κ3) is 3.16. The number of rotatable bonds is 2. The van der Waals surface area contributed by atoms with Crippen LogP contribution in [-0.2, 0) is 5.41 Å². The summed E-state index contributed by atoms with van der Waals surface area (Å²) < 4.78 is 2.25. The largest absolute Gasteiger partial charge is 0.278 e. The van der Waals surface area contributed by atoms with Gasteiger partial charge >= 0.3 is 0 Å². The van der Waals surface area contributed by atoms with Crippen LogP contribution in [-0.4, -0.2) is 14.5 Å². The summed E-state index contributed by atoms with van der Waals surface area (Å²) in [7, 11) is 0. The lowest BCUT2D eigenvalue weighted by Crippen LogP contribution is -2.14. The molecule has 0 saturated carbocycles. The Morgan fingerprint density at radius 3 is 2.12 bits per heavy atom. The Kier molecular flexibility index (Phi) is 4.67. The van der Waals surface area contributed by atoms with Crippen LogP contribution in [0, 0.1) is 0 Å². The maximum atomic E-state index is 5.25. The van der Waals surface area contributed by atoms with Crippen LogP contribution in [0.2, 0.25) is 0 Å². The van der Waals surface area contributed by atoms with Crippen molar-refractivity contribution >= 4 is 43.5 Å². The Morgan fingerprint density at radius 1 is 0.524 bits per heavy atom. The average molecular weight is 538 g/mol. The summed E-state index contributed by atoms with van der Waals surface area (Å²) in [4.78, 5) is 10.4. The van der Waals surface area contributed by atoms with E-state index in [0.717, 1.165) is 33.2 Å². The lowest BCUT2D eigenvalue weighted by molar-refractivity contribution is 0.661. The van der Waals surface area contributed by atoms with Crippen LogP contribution >= 0.6 is 0 Å². The van der Waals surface area contributed by atoms with E-state index in [1.807, 2.05) is 12.1 Å². The highest BCUT2D eigenvalue weighted by molar-refractivity contribution is 6.14. The lowest BCUT2D eigenvalue weighted by atomic mass is 9.82. The summed E-state index contributed by atoms with van der Waals surface area (Å²) in [5, 5.41) is 5.95. The van der Waals surface area contributed by atoms with E-state index in [-0.39, 0.29) is 5.41 Å². The Hall–Kier alpha value is -5.28. The third-order valence-corrected chi connectivity index (χ3v) is 9.17. The molecule has 8 aromatic rings. The molecule has 42 heavy (non-hydrogen) atoms. The molecule has 0 atom stereocenters. The van der Waals surface area contributed by atoms with Crippen molar-refractivity contribution in [1.29, 1.82) is 0 Å². The summed E-state index contributed by atoms with van der Waals surface area (Å²) in [5.41, 5.74) is 10.6. The van der Waals surface area contributed by atoms with E-state index in [1.165, 1.54) is 43.8 Å². The molecule has 0 bridgehead atoms. The van der Waals surface area contributed by atoms with Gasteiger partial charge in [0.15, 0.2) is 0 Å². The molecule has 2 aromatic heterocycles. The minimum atomic E-state index is -0.0478. The van der Waals surface area contributed by atoms with E-state index in [4.69, 9.17) is 9.97 Å². The minimum Gasteiger partial charge on any atom is -0.278 e. The monoisotopic (exact) mass is 537 g/mol. The van der Waals surface area contributed by atoms with Gasteiger partial charge in [0.05, 0.1) is 22.2 Å². The van der Waals surface area contributed by atoms with E-state index in [1.54, 1.807) is 0 Å². The van der Waals surface area contributed by atoms with Crippen LogP contribution in [0.15, 0.2) is 127 Å². The molecule has 3 heteroatoms. The van der Waals surface area contributed by atoms with Crippen LogP contribution in [0.25, 0.3) is 71.8 Å². The molecule has 0 N–H and O–H groups in total. The van der Waals surface area contributed by atoms with E-state index in [0.29, 0.717) is 5.95 Å². The first-order valence-corrected chi connectivity index (χ1v) is 14.5. The molecule has 0 unspecified atom stereocenters. The molecule has 0 amide bonds. The Bertz CT molecular complexity index is 2380. The number of fused-ring (bicyclic) bond motifs is 8. The Morgan fingerprint density at radius 2 is 1.24 bits per heavy atom. The van der Waals surface area contributed by atoms with E-state index >= 15 is 0 Å². The number of benzene rings is 6. The second kappa shape index (κ2) is 8.37. The average Bonchev–Trinajstić information content (AvgIpc) is 3.47. The Labute approximate surface area is 243 Å². The second-order valence-electron chi connectivity index (χ2n) is 11.9. The van der Waals surface area contributed by atoms with Crippen molar-refractivity contribution in [2.45, 2.75) is 19.3 Å². The summed E-state index contributed by atoms with van der Waals surface area (Å²) in [6.45, 7) is 4.68. The molecule has 6 aromatic carbocycles. The number of nitrogens with zero attached hydrogens (tertiary/aromatic N) is 3. The molecule has 1 aliphatic carbocycles. The smallest absolute Gasteiger partial charge is 0.235 e. The van der Waals surface area contributed by atoms with Crippen LogP contribution < -0.4 is 0 Å². The van der Waals surface area contributed by atoms with Gasteiger partial charge in [-0.3, -0.25) is 4.57 Å². The quantitative estimate of drug-likeness (QED) is 0.220. The Balaban J connectivity index is 1.37. The fraction of sp³-hybridized carbons (Fsp3) is 0.0769. The molecular weight excluding hydrogens is 510 g/mol. The fourth-order valence-electron chi connectivity index (χ4n) is 7.11. The van der Waals surface area contributed by atoms with Crippen LogP contribution in [0.4, 0.5) is 0 Å². The highest BCUT2D eigenvalue weighted by Gasteiger charge is 2.35. The standard InChI is InChI=1S/C39H27N3/c1-39(2)32-17-9-6-14-27(32)30-20-25-21-31-28-15-8-11-19-35(28)42(36(31)23-26(25)22-33(30)39)38-40-34-18-10-7-16-29(34)37(41-38)24-12-4-3-5-13-24/h3-23H,1-2H3. The van der Waals surface area contributed by atoms with Gasteiger partial charge in [0, 0.05) is 27.1 Å². The fourth-order valence-corrected chi connectivity index (χ4v) is 7.11. The van der Waals surface area contributed by atoms with Crippen molar-refractivity contribution in [3.05, 3.63) is 139 Å². The van der Waals surface area contributed by atoms with E-state index < -0.39 is 0 Å².